The van der Waals surface area contributed by atoms with E-state index in [4.69, 9.17) is 9.53 Å². The summed E-state index contributed by atoms with van der Waals surface area (Å²) in [6.45, 7) is 12.0. The third-order valence-electron chi connectivity index (χ3n) is 6.50. The molecule has 0 saturated heterocycles. The van der Waals surface area contributed by atoms with Crippen LogP contribution in [0.3, 0.4) is 0 Å². The van der Waals surface area contributed by atoms with E-state index in [0.29, 0.717) is 18.8 Å². The van der Waals surface area contributed by atoms with Gasteiger partial charge in [0.1, 0.15) is 0 Å². The van der Waals surface area contributed by atoms with Crippen LogP contribution in [-0.2, 0) is 15.6 Å². The zero-order valence-electron chi connectivity index (χ0n) is 20.6. The lowest BCUT2D eigenvalue weighted by molar-refractivity contribution is -0.118. The molecule has 2 amide bonds. The third-order valence-corrected chi connectivity index (χ3v) is 11.0. The lowest BCUT2D eigenvalue weighted by atomic mass is 10.1. The summed E-state index contributed by atoms with van der Waals surface area (Å²) in [5.41, 5.74) is 2.15. The van der Waals surface area contributed by atoms with Gasteiger partial charge >= 0.3 is 6.09 Å². The summed E-state index contributed by atoms with van der Waals surface area (Å²) in [4.78, 5) is 26.2. The van der Waals surface area contributed by atoms with Crippen molar-refractivity contribution in [2.75, 3.05) is 23.4 Å². The molecule has 0 spiro atoms. The van der Waals surface area contributed by atoms with Crippen LogP contribution in [0.5, 0.6) is 0 Å². The average molecular weight is 479 g/mol. The smallest absolute Gasteiger partial charge is 0.409 e. The molecule has 180 valence electrons. The van der Waals surface area contributed by atoms with Crippen molar-refractivity contribution in [2.45, 2.75) is 45.3 Å². The zero-order valence-corrected chi connectivity index (χ0v) is 21.6. The molecule has 3 aromatic rings. The van der Waals surface area contributed by atoms with Gasteiger partial charge in [-0.2, -0.15) is 0 Å². The number of nitrogens with one attached hydrogen (secondary N) is 1. The molecule has 0 atom stereocenters. The summed E-state index contributed by atoms with van der Waals surface area (Å²) in [5.74, 6) is -0.0332. The highest BCUT2D eigenvalue weighted by atomic mass is 28.4. The first-order valence-electron chi connectivity index (χ1n) is 11.5. The van der Waals surface area contributed by atoms with Crippen molar-refractivity contribution in [1.82, 2.24) is 0 Å². The number of hydrogen-bond acceptors (Lipinski definition) is 3. The van der Waals surface area contributed by atoms with Gasteiger partial charge in [0.25, 0.3) is 0 Å². The van der Waals surface area contributed by atoms with Crippen molar-refractivity contribution in [3.8, 4) is 0 Å². The summed E-state index contributed by atoms with van der Waals surface area (Å²) < 4.78 is 6.39. The molecule has 2 N–H and O–H groups in total. The Kier molecular flexibility index (Phi) is 7.79. The molecule has 0 unspecified atom stereocenters. The van der Waals surface area contributed by atoms with Gasteiger partial charge in [-0.05, 0) is 47.3 Å². The second-order valence-electron chi connectivity index (χ2n) is 9.96. The molecule has 0 radical (unpaired) electrons. The third kappa shape index (κ3) is 6.24. The van der Waals surface area contributed by atoms with Crippen molar-refractivity contribution in [2.24, 2.45) is 0 Å². The summed E-state index contributed by atoms with van der Waals surface area (Å²) in [7, 11) is -1.95. The number of carbonyl (C=O) groups is 2. The maximum absolute atomic E-state index is 13.5. The first-order chi connectivity index (χ1) is 16.0. The fourth-order valence-corrected chi connectivity index (χ4v) is 4.57. The standard InChI is InChI=1S/C27H34N2O4Si/c1-27(2,3)34(4,5)33-18-17-29(24-12-8-10-21-9-6-7-11-23(21)24)25(30)19-20-13-15-22(16-14-20)28-26(31)32/h6-16,28H,17-19H2,1-5H3,(H,31,32). The Morgan fingerprint density at radius 2 is 1.62 bits per heavy atom. The first-order valence-corrected chi connectivity index (χ1v) is 14.4. The van der Waals surface area contributed by atoms with Gasteiger partial charge < -0.3 is 14.4 Å². The molecule has 34 heavy (non-hydrogen) atoms. The Bertz CT molecular complexity index is 1150. The fourth-order valence-electron chi connectivity index (χ4n) is 3.53. The van der Waals surface area contributed by atoms with E-state index >= 15 is 0 Å². The topological polar surface area (TPSA) is 78.9 Å². The second kappa shape index (κ2) is 10.4. The number of anilines is 2. The highest BCUT2D eigenvalue weighted by Gasteiger charge is 2.37. The van der Waals surface area contributed by atoms with E-state index in [9.17, 15) is 9.59 Å². The molecule has 3 rings (SSSR count). The van der Waals surface area contributed by atoms with Crippen LogP contribution in [0.4, 0.5) is 16.2 Å². The molecule has 3 aromatic carbocycles. The molecule has 0 aliphatic heterocycles. The normalized spacial score (nSPS) is 11.9. The van der Waals surface area contributed by atoms with Crippen molar-refractivity contribution in [3.05, 3.63) is 72.3 Å². The summed E-state index contributed by atoms with van der Waals surface area (Å²) in [6.07, 6.45) is -0.913. The Labute approximate surface area is 202 Å². The van der Waals surface area contributed by atoms with E-state index in [1.54, 1.807) is 24.3 Å². The highest BCUT2D eigenvalue weighted by molar-refractivity contribution is 6.74. The van der Waals surface area contributed by atoms with Crippen LogP contribution in [0.25, 0.3) is 10.8 Å². The predicted octanol–water partition coefficient (Wildman–Crippen LogP) is 6.53. The number of carboxylic acid groups (broad SMARTS) is 1. The Balaban J connectivity index is 1.85. The molecule has 6 nitrogen and oxygen atoms in total. The van der Waals surface area contributed by atoms with Gasteiger partial charge in [0, 0.05) is 17.6 Å². The highest BCUT2D eigenvalue weighted by Crippen LogP contribution is 2.36. The number of nitrogens with zero attached hydrogens (tertiary/aromatic N) is 1. The van der Waals surface area contributed by atoms with Gasteiger partial charge in [0.05, 0.1) is 18.7 Å². The first kappa shape index (κ1) is 25.5. The largest absolute Gasteiger partial charge is 0.465 e. The van der Waals surface area contributed by atoms with Crippen LogP contribution < -0.4 is 10.2 Å². The van der Waals surface area contributed by atoms with Gasteiger partial charge in [-0.1, -0.05) is 69.3 Å². The summed E-state index contributed by atoms with van der Waals surface area (Å²) in [5, 5.41) is 13.4. The molecule has 0 bridgehead atoms. The zero-order chi connectivity index (χ0) is 24.9. The Morgan fingerprint density at radius 1 is 0.971 bits per heavy atom. The summed E-state index contributed by atoms with van der Waals surface area (Å²) in [6, 6.07) is 20.9. The second-order valence-corrected chi connectivity index (χ2v) is 14.8. The van der Waals surface area contributed by atoms with E-state index in [2.05, 4.69) is 39.2 Å². The van der Waals surface area contributed by atoms with Crippen molar-refractivity contribution < 1.29 is 19.1 Å². The van der Waals surface area contributed by atoms with Gasteiger partial charge in [0.2, 0.25) is 5.91 Å². The van der Waals surface area contributed by atoms with Crippen LogP contribution in [0.15, 0.2) is 66.7 Å². The van der Waals surface area contributed by atoms with E-state index in [1.165, 1.54) is 0 Å². The van der Waals surface area contributed by atoms with E-state index in [-0.39, 0.29) is 17.4 Å². The van der Waals surface area contributed by atoms with E-state index in [1.807, 2.05) is 47.4 Å². The van der Waals surface area contributed by atoms with Gasteiger partial charge in [-0.3, -0.25) is 10.1 Å². The maximum Gasteiger partial charge on any atom is 0.409 e. The van der Waals surface area contributed by atoms with Crippen LogP contribution in [0, 0.1) is 0 Å². The average Bonchev–Trinajstić information content (AvgIpc) is 2.76. The van der Waals surface area contributed by atoms with Crippen molar-refractivity contribution in [3.63, 3.8) is 0 Å². The molecule has 0 saturated carbocycles. The maximum atomic E-state index is 13.5. The quantitative estimate of drug-likeness (QED) is 0.361. The molecular formula is C27H34N2O4Si. The minimum absolute atomic E-state index is 0.0332. The minimum Gasteiger partial charge on any atom is -0.465 e. The predicted molar refractivity (Wildman–Crippen MR) is 141 cm³/mol. The molecule has 7 heteroatoms. The van der Waals surface area contributed by atoms with Crippen LogP contribution in [0.1, 0.15) is 26.3 Å². The molecule has 0 aliphatic rings. The Hall–Kier alpha value is -3.16. The number of fused-ring (bicyclic) bond motifs is 1. The van der Waals surface area contributed by atoms with Crippen molar-refractivity contribution in [1.29, 1.82) is 0 Å². The van der Waals surface area contributed by atoms with Gasteiger partial charge in [0.15, 0.2) is 8.32 Å². The fraction of sp³-hybridized carbons (Fsp3) is 0.333. The molecule has 0 aliphatic carbocycles. The van der Waals surface area contributed by atoms with Crippen LogP contribution in [0.2, 0.25) is 18.1 Å². The van der Waals surface area contributed by atoms with Gasteiger partial charge in [-0.25, -0.2) is 4.79 Å². The minimum atomic E-state index is -1.95. The van der Waals surface area contributed by atoms with Crippen molar-refractivity contribution >= 4 is 42.5 Å². The number of carbonyl (C=O) groups excluding carboxylic acids is 1. The van der Waals surface area contributed by atoms with Crippen LogP contribution >= 0.6 is 0 Å². The lowest BCUT2D eigenvalue weighted by Gasteiger charge is -2.37. The number of benzene rings is 3. The molecule has 0 heterocycles. The molecule has 0 aromatic heterocycles. The van der Waals surface area contributed by atoms with E-state index < -0.39 is 14.4 Å². The number of rotatable bonds is 8. The van der Waals surface area contributed by atoms with Gasteiger partial charge in [-0.15, -0.1) is 0 Å². The SMILES string of the molecule is CC(C)(C)[Si](C)(C)OCCN(C(=O)Cc1ccc(NC(=O)O)cc1)c1cccc2ccccc12. The Morgan fingerprint density at radius 3 is 2.26 bits per heavy atom. The monoisotopic (exact) mass is 478 g/mol. The number of amides is 2. The molecule has 0 fully saturated rings. The lowest BCUT2D eigenvalue weighted by Crippen LogP contribution is -2.44. The van der Waals surface area contributed by atoms with Crippen LogP contribution in [-0.4, -0.2) is 38.6 Å². The number of hydrogen-bond donors (Lipinski definition) is 2. The molecular weight excluding hydrogens is 444 g/mol. The van der Waals surface area contributed by atoms with E-state index in [0.717, 1.165) is 22.0 Å². The summed E-state index contributed by atoms with van der Waals surface area (Å²) >= 11 is 0.